The van der Waals surface area contributed by atoms with Gasteiger partial charge in [-0.15, -0.1) is 0 Å². The van der Waals surface area contributed by atoms with Crippen molar-refractivity contribution in [3.63, 3.8) is 0 Å². The monoisotopic (exact) mass is 1220 g/mol. The molecule has 6 rings (SSSR count). The molecule has 3 aliphatic heterocycles. The maximum atomic E-state index is 12.9. The molecule has 0 amide bonds. The van der Waals surface area contributed by atoms with E-state index in [1.807, 2.05) is 0 Å². The average Bonchev–Trinajstić information content (AvgIpc) is 2.73. The summed E-state index contributed by atoms with van der Waals surface area (Å²) in [5, 5.41) is 10.6. The fraction of sp³-hybridized carbons (Fsp3) is 0.400. The Morgan fingerprint density at radius 2 is 0.643 bits per heavy atom. The Morgan fingerprint density at radius 3 is 0.845 bits per heavy atom. The smallest absolute Gasteiger partial charge is 0.336 e. The molecule has 3 atom stereocenters. The summed E-state index contributed by atoms with van der Waals surface area (Å²) < 4.78 is 47.4. The lowest BCUT2D eigenvalue weighted by Crippen LogP contribution is -2.35. The second kappa shape index (κ2) is 35.3. The molecule has 3 aliphatic rings. The highest BCUT2D eigenvalue weighted by Gasteiger charge is 2.43. The van der Waals surface area contributed by atoms with Gasteiger partial charge in [-0.3, -0.25) is 0 Å². The average molecular weight is 1230 g/mol. The molecule has 3 aromatic rings. The van der Waals surface area contributed by atoms with Gasteiger partial charge in [0.1, 0.15) is 0 Å². The molecule has 456 valence electrons. The summed E-state index contributed by atoms with van der Waals surface area (Å²) in [6.45, 7) is 13.2. The van der Waals surface area contributed by atoms with Crippen molar-refractivity contribution in [3.05, 3.63) is 172 Å². The van der Waals surface area contributed by atoms with Gasteiger partial charge in [0.2, 0.25) is 0 Å². The third-order valence-electron chi connectivity index (χ3n) is 12.8. The summed E-state index contributed by atoms with van der Waals surface area (Å²) in [7, 11) is 3.87. The van der Waals surface area contributed by atoms with Crippen LogP contribution in [-0.4, -0.2) is 136 Å². The van der Waals surface area contributed by atoms with E-state index in [9.17, 15) is 28.8 Å². The van der Waals surface area contributed by atoms with Crippen LogP contribution in [-0.2, 0) is 71.4 Å². The summed E-state index contributed by atoms with van der Waals surface area (Å²) in [5.74, 6) is -5.59. The molecule has 21 nitrogen and oxygen atoms in total. The minimum Gasteiger partial charge on any atom is -0.466 e. The Bertz CT molecular complexity index is 2730. The van der Waals surface area contributed by atoms with Crippen LogP contribution < -0.4 is 33.2 Å². The lowest BCUT2D eigenvalue weighted by Gasteiger charge is -2.31. The SMILES string of the molecule is CCOC(=O)C1=C(COCCN)NC(C)=C(C(=O)OC)C1c1ccccc1Cl.CCOC(=O)C1=C(COCCN)NC(C)=C(C(=O)OC)C1c1ccccc1Cl.CCOC(=O)C1=C(COCCN)NC(C)=C(C(=O)OC)C1c1ccccc1Cl. The van der Waals surface area contributed by atoms with Crippen LogP contribution in [0.15, 0.2) is 140 Å². The number of halogens is 3. The summed E-state index contributed by atoms with van der Waals surface area (Å²) in [6, 6.07) is 21.1. The van der Waals surface area contributed by atoms with Crippen LogP contribution >= 0.6 is 34.8 Å². The molecule has 0 radical (unpaired) electrons. The molecular formula is C60H75Cl3N6O15. The van der Waals surface area contributed by atoms with Crippen molar-refractivity contribution in [2.24, 2.45) is 17.2 Å². The van der Waals surface area contributed by atoms with Gasteiger partial charge in [-0.2, -0.15) is 0 Å². The van der Waals surface area contributed by atoms with Crippen LogP contribution in [0.5, 0.6) is 0 Å². The number of hydrogen-bond donors (Lipinski definition) is 6. The van der Waals surface area contributed by atoms with Gasteiger partial charge in [-0.1, -0.05) is 89.4 Å². The highest BCUT2D eigenvalue weighted by atomic mass is 35.5. The summed E-state index contributed by atoms with van der Waals surface area (Å²) >= 11 is 19.3. The largest absolute Gasteiger partial charge is 0.466 e. The summed E-state index contributed by atoms with van der Waals surface area (Å²) in [6.07, 6.45) is 0. The van der Waals surface area contributed by atoms with Crippen LogP contribution in [0, 0.1) is 0 Å². The topological polar surface area (TPSA) is 300 Å². The van der Waals surface area contributed by atoms with Crippen molar-refractivity contribution in [1.29, 1.82) is 0 Å². The molecule has 0 saturated carbocycles. The van der Waals surface area contributed by atoms with Gasteiger partial charge < -0.3 is 75.8 Å². The van der Waals surface area contributed by atoms with Crippen molar-refractivity contribution in [1.82, 2.24) is 16.0 Å². The van der Waals surface area contributed by atoms with Crippen molar-refractivity contribution >= 4 is 70.6 Å². The second-order valence-corrected chi connectivity index (χ2v) is 19.4. The van der Waals surface area contributed by atoms with Gasteiger partial charge in [0.05, 0.1) is 149 Å². The van der Waals surface area contributed by atoms with E-state index in [1.54, 1.807) is 114 Å². The van der Waals surface area contributed by atoms with Crippen LogP contribution in [0.3, 0.4) is 0 Å². The van der Waals surface area contributed by atoms with Crippen molar-refractivity contribution < 1.29 is 71.4 Å². The Morgan fingerprint density at radius 1 is 0.405 bits per heavy atom. The first-order valence-electron chi connectivity index (χ1n) is 26.8. The number of rotatable bonds is 24. The Labute approximate surface area is 504 Å². The molecule has 24 heteroatoms. The zero-order chi connectivity index (χ0) is 62.0. The number of dihydropyridines is 3. The van der Waals surface area contributed by atoms with Gasteiger partial charge >= 0.3 is 35.8 Å². The van der Waals surface area contributed by atoms with Crippen molar-refractivity contribution in [3.8, 4) is 0 Å². The number of nitrogens with two attached hydrogens (primary N) is 3. The number of nitrogens with one attached hydrogen (secondary N) is 3. The number of hydrogen-bond acceptors (Lipinski definition) is 21. The molecular weight excluding hydrogens is 1150 g/mol. The summed E-state index contributed by atoms with van der Waals surface area (Å²) in [4.78, 5) is 76.4. The zero-order valence-corrected chi connectivity index (χ0v) is 50.9. The molecule has 0 aliphatic carbocycles. The molecule has 0 spiro atoms. The number of allylic oxidation sites excluding steroid dienone is 3. The van der Waals surface area contributed by atoms with E-state index in [1.165, 1.54) is 21.3 Å². The van der Waals surface area contributed by atoms with Crippen LogP contribution in [0.1, 0.15) is 76.0 Å². The van der Waals surface area contributed by atoms with E-state index in [2.05, 4.69) is 16.0 Å². The fourth-order valence-electron chi connectivity index (χ4n) is 9.36. The maximum absolute atomic E-state index is 12.9. The Kier molecular flexibility index (Phi) is 29.2. The highest BCUT2D eigenvalue weighted by molar-refractivity contribution is 6.32. The first-order chi connectivity index (χ1) is 40.4. The lowest BCUT2D eigenvalue weighted by atomic mass is 9.80. The Balaban J connectivity index is 0.000000270. The van der Waals surface area contributed by atoms with Gasteiger partial charge in [0.15, 0.2) is 0 Å². The van der Waals surface area contributed by atoms with Gasteiger partial charge in [0.25, 0.3) is 0 Å². The first-order valence-corrected chi connectivity index (χ1v) is 28.0. The number of methoxy groups -OCH3 is 3. The molecule has 0 fully saturated rings. The maximum Gasteiger partial charge on any atom is 0.336 e. The third-order valence-corrected chi connectivity index (χ3v) is 13.8. The number of esters is 6. The molecule has 84 heavy (non-hydrogen) atoms. The van der Waals surface area contributed by atoms with E-state index in [0.29, 0.717) is 122 Å². The van der Waals surface area contributed by atoms with Gasteiger partial charge in [0, 0.05) is 51.8 Å². The van der Waals surface area contributed by atoms with Crippen LogP contribution in [0.2, 0.25) is 15.1 Å². The van der Waals surface area contributed by atoms with E-state index in [4.69, 9.17) is 94.6 Å². The van der Waals surface area contributed by atoms with Gasteiger partial charge in [-0.25, -0.2) is 28.8 Å². The van der Waals surface area contributed by atoms with E-state index in [0.717, 1.165) is 0 Å². The molecule has 0 bridgehead atoms. The van der Waals surface area contributed by atoms with Crippen molar-refractivity contribution in [2.45, 2.75) is 59.3 Å². The number of benzene rings is 3. The van der Waals surface area contributed by atoms with Gasteiger partial charge in [-0.05, 0) is 76.4 Å². The van der Waals surface area contributed by atoms with Crippen molar-refractivity contribution in [2.75, 3.05) is 100 Å². The van der Waals surface area contributed by atoms with Crippen LogP contribution in [0.4, 0.5) is 0 Å². The molecule has 3 heterocycles. The highest BCUT2D eigenvalue weighted by Crippen LogP contribution is 2.45. The quantitative estimate of drug-likeness (QED) is 0.0305. The normalized spacial score (nSPS) is 16.7. The predicted molar refractivity (Wildman–Crippen MR) is 317 cm³/mol. The molecule has 9 N–H and O–H groups in total. The molecule has 0 aromatic heterocycles. The molecule has 3 aromatic carbocycles. The molecule has 3 unspecified atom stereocenters. The fourth-order valence-corrected chi connectivity index (χ4v) is 10.1. The predicted octanol–water partition coefficient (Wildman–Crippen LogP) is 6.80. The third kappa shape index (κ3) is 17.8. The lowest BCUT2D eigenvalue weighted by molar-refractivity contribution is -0.140. The van der Waals surface area contributed by atoms with E-state index in [-0.39, 0.29) is 56.4 Å². The summed E-state index contributed by atoms with van der Waals surface area (Å²) in [5.41, 5.74) is 23.1. The standard InChI is InChI=1S/3C20H25ClN2O5/c3*1-4-28-20(25)18-15(11-27-10-9-22)23-12(2)16(19(24)26-3)17(18)13-7-5-6-8-14(13)21/h3*5-8,17,23H,4,9-11,22H2,1-3H3. The first kappa shape index (κ1) is 69.4. The zero-order valence-electron chi connectivity index (χ0n) is 48.6. The van der Waals surface area contributed by atoms with E-state index < -0.39 is 53.6 Å². The van der Waals surface area contributed by atoms with Crippen LogP contribution in [0.25, 0.3) is 0 Å². The minimum atomic E-state index is -0.752. The van der Waals surface area contributed by atoms with E-state index >= 15 is 0 Å². The molecule has 0 saturated heterocycles. The Hall–Kier alpha value is -7.05. The number of ether oxygens (including phenoxy) is 9. The number of carbonyl (C=O) groups is 6. The second-order valence-electron chi connectivity index (χ2n) is 18.2. The minimum absolute atomic E-state index is 0.109. The number of carbonyl (C=O) groups excluding carboxylic acids is 6.